The van der Waals surface area contributed by atoms with E-state index in [1.807, 2.05) is 59.4 Å². The lowest BCUT2D eigenvalue weighted by Gasteiger charge is -2.10. The number of hydrogen-bond donors (Lipinski definition) is 2. The van der Waals surface area contributed by atoms with Crippen molar-refractivity contribution < 1.29 is 4.79 Å². The lowest BCUT2D eigenvalue weighted by atomic mass is 10.0. The molecule has 1 amide bonds. The van der Waals surface area contributed by atoms with Gasteiger partial charge in [0.2, 0.25) is 5.91 Å². The van der Waals surface area contributed by atoms with E-state index in [2.05, 4.69) is 46.8 Å². The summed E-state index contributed by atoms with van der Waals surface area (Å²) in [7, 11) is 0. The van der Waals surface area contributed by atoms with Crippen LogP contribution in [0.25, 0.3) is 11.1 Å². The molecule has 0 spiro atoms. The summed E-state index contributed by atoms with van der Waals surface area (Å²) in [6.07, 6.45) is 3.63. The number of nitrogen functional groups attached to an aromatic ring is 1. The zero-order valence-electron chi connectivity index (χ0n) is 18.2. The molecule has 32 heavy (non-hydrogen) atoms. The van der Waals surface area contributed by atoms with E-state index in [9.17, 15) is 4.79 Å². The van der Waals surface area contributed by atoms with Gasteiger partial charge in [0.25, 0.3) is 0 Å². The van der Waals surface area contributed by atoms with Crippen LogP contribution >= 0.6 is 0 Å². The van der Waals surface area contributed by atoms with Crippen LogP contribution in [0.3, 0.4) is 0 Å². The molecule has 0 atom stereocenters. The maximum absolute atomic E-state index is 12.5. The highest BCUT2D eigenvalue weighted by Gasteiger charge is 2.10. The molecule has 6 nitrogen and oxygen atoms in total. The number of nitrogens with one attached hydrogen (secondary N) is 1. The van der Waals surface area contributed by atoms with Crippen molar-refractivity contribution >= 4 is 17.3 Å². The van der Waals surface area contributed by atoms with Crippen molar-refractivity contribution in [3.63, 3.8) is 0 Å². The van der Waals surface area contributed by atoms with Gasteiger partial charge in [0.15, 0.2) is 0 Å². The van der Waals surface area contributed by atoms with E-state index in [-0.39, 0.29) is 5.91 Å². The molecule has 0 unspecified atom stereocenters. The summed E-state index contributed by atoms with van der Waals surface area (Å²) >= 11 is 0. The first-order chi connectivity index (χ1) is 15.6. The number of anilines is 2. The third-order valence-electron chi connectivity index (χ3n) is 5.34. The lowest BCUT2D eigenvalue weighted by molar-refractivity contribution is -0.116. The molecule has 3 N–H and O–H groups in total. The predicted octanol–water partition coefficient (Wildman–Crippen LogP) is 4.65. The van der Waals surface area contributed by atoms with E-state index in [0.29, 0.717) is 24.2 Å². The van der Waals surface area contributed by atoms with Gasteiger partial charge in [0.1, 0.15) is 0 Å². The minimum atomic E-state index is -0.101. The number of hydrogen-bond acceptors (Lipinski definition) is 4. The van der Waals surface area contributed by atoms with Gasteiger partial charge in [-0.25, -0.2) is 0 Å². The Labute approximate surface area is 188 Å². The largest absolute Gasteiger partial charge is 0.397 e. The van der Waals surface area contributed by atoms with Gasteiger partial charge >= 0.3 is 0 Å². The lowest BCUT2D eigenvalue weighted by Crippen LogP contribution is -2.13. The van der Waals surface area contributed by atoms with E-state index < -0.39 is 0 Å². The molecule has 4 rings (SSSR count). The van der Waals surface area contributed by atoms with Crippen LogP contribution in [0.5, 0.6) is 0 Å². The van der Waals surface area contributed by atoms with Crippen LogP contribution in [-0.4, -0.2) is 20.9 Å². The van der Waals surface area contributed by atoms with Crippen LogP contribution < -0.4 is 11.1 Å². The second-order valence-electron chi connectivity index (χ2n) is 7.93. The van der Waals surface area contributed by atoms with Crippen LogP contribution in [0.2, 0.25) is 0 Å². The first-order valence-corrected chi connectivity index (χ1v) is 10.8. The fraction of sp³-hybridized carbons (Fsp3) is 0.192. The standard InChI is InChI=1S/C26H27N5O/c1-19-6-5-7-20(16-19)14-15-31-18-23(29-30-31)11-13-26(32)28-25-17-22(10-12-24(25)27)21-8-3-2-4-9-21/h2-10,12,16-18H,11,13-15,27H2,1H3,(H,28,32). The van der Waals surface area contributed by atoms with Gasteiger partial charge in [0.05, 0.1) is 17.1 Å². The molecular formula is C26H27N5O. The summed E-state index contributed by atoms with van der Waals surface area (Å²) in [5, 5.41) is 11.3. The summed E-state index contributed by atoms with van der Waals surface area (Å²) in [5.41, 5.74) is 12.7. The SMILES string of the molecule is Cc1cccc(CCn2cc(CCC(=O)Nc3cc(-c4ccccc4)ccc3N)nn2)c1. The smallest absolute Gasteiger partial charge is 0.224 e. The van der Waals surface area contributed by atoms with Gasteiger partial charge in [-0.05, 0) is 42.2 Å². The van der Waals surface area contributed by atoms with Gasteiger partial charge in [-0.15, -0.1) is 5.10 Å². The highest BCUT2D eigenvalue weighted by Crippen LogP contribution is 2.27. The van der Waals surface area contributed by atoms with E-state index in [4.69, 9.17) is 5.73 Å². The van der Waals surface area contributed by atoms with Crippen LogP contribution in [-0.2, 0) is 24.2 Å². The molecule has 0 aliphatic heterocycles. The van der Waals surface area contributed by atoms with E-state index >= 15 is 0 Å². The summed E-state index contributed by atoms with van der Waals surface area (Å²) in [6.45, 7) is 2.85. The molecule has 0 aliphatic rings. The van der Waals surface area contributed by atoms with Crippen molar-refractivity contribution in [3.8, 4) is 11.1 Å². The van der Waals surface area contributed by atoms with Crippen LogP contribution in [0, 0.1) is 6.92 Å². The van der Waals surface area contributed by atoms with Gasteiger partial charge in [-0.3, -0.25) is 9.48 Å². The number of aryl methyl sites for hydroxylation is 4. The third-order valence-corrected chi connectivity index (χ3v) is 5.34. The minimum Gasteiger partial charge on any atom is -0.397 e. The van der Waals surface area contributed by atoms with E-state index in [1.54, 1.807) is 0 Å². The Morgan fingerprint density at radius 3 is 2.62 bits per heavy atom. The van der Waals surface area contributed by atoms with Gasteiger partial charge in [0, 0.05) is 25.6 Å². The number of carbonyl (C=O) groups excluding carboxylic acids is 1. The summed E-state index contributed by atoms with van der Waals surface area (Å²) in [4.78, 5) is 12.5. The Morgan fingerprint density at radius 1 is 0.969 bits per heavy atom. The Bertz CT molecular complexity index is 1200. The van der Waals surface area contributed by atoms with Crippen molar-refractivity contribution in [1.29, 1.82) is 0 Å². The van der Waals surface area contributed by atoms with Crippen molar-refractivity contribution in [2.75, 3.05) is 11.1 Å². The molecule has 0 fully saturated rings. The van der Waals surface area contributed by atoms with E-state index in [0.717, 1.165) is 29.8 Å². The van der Waals surface area contributed by atoms with Crippen molar-refractivity contribution in [2.45, 2.75) is 32.7 Å². The predicted molar refractivity (Wildman–Crippen MR) is 128 cm³/mol. The molecule has 1 heterocycles. The summed E-state index contributed by atoms with van der Waals surface area (Å²) < 4.78 is 1.83. The van der Waals surface area contributed by atoms with Gasteiger partial charge in [-0.2, -0.15) is 0 Å². The number of rotatable bonds is 8. The fourth-order valence-corrected chi connectivity index (χ4v) is 3.60. The topological polar surface area (TPSA) is 85.8 Å². The number of aromatic nitrogens is 3. The number of benzene rings is 3. The highest BCUT2D eigenvalue weighted by molar-refractivity contribution is 5.95. The fourth-order valence-electron chi connectivity index (χ4n) is 3.60. The zero-order chi connectivity index (χ0) is 22.3. The van der Waals surface area contributed by atoms with Crippen LogP contribution in [0.15, 0.2) is 79.0 Å². The molecule has 162 valence electrons. The maximum atomic E-state index is 12.5. The van der Waals surface area contributed by atoms with Crippen molar-refractivity contribution in [1.82, 2.24) is 15.0 Å². The molecule has 0 radical (unpaired) electrons. The summed E-state index contributed by atoms with van der Waals surface area (Å²) in [6, 6.07) is 24.1. The van der Waals surface area contributed by atoms with Gasteiger partial charge in [-0.1, -0.05) is 71.4 Å². The van der Waals surface area contributed by atoms with Crippen LogP contribution in [0.4, 0.5) is 11.4 Å². The monoisotopic (exact) mass is 425 g/mol. The first kappa shape index (κ1) is 21.3. The Morgan fingerprint density at radius 2 is 1.81 bits per heavy atom. The molecule has 4 aromatic rings. The second-order valence-corrected chi connectivity index (χ2v) is 7.93. The number of amides is 1. The molecule has 0 saturated heterocycles. The van der Waals surface area contributed by atoms with Gasteiger partial charge < -0.3 is 11.1 Å². The van der Waals surface area contributed by atoms with E-state index in [1.165, 1.54) is 11.1 Å². The number of carbonyl (C=O) groups is 1. The quantitative estimate of drug-likeness (QED) is 0.402. The Balaban J connectivity index is 1.31. The highest BCUT2D eigenvalue weighted by atomic mass is 16.1. The molecule has 0 bridgehead atoms. The molecule has 1 aromatic heterocycles. The minimum absolute atomic E-state index is 0.101. The van der Waals surface area contributed by atoms with Crippen molar-refractivity contribution in [3.05, 3.63) is 95.8 Å². The number of nitrogens with two attached hydrogens (primary N) is 1. The molecule has 6 heteroatoms. The molecule has 0 aliphatic carbocycles. The van der Waals surface area contributed by atoms with Crippen molar-refractivity contribution in [2.24, 2.45) is 0 Å². The third kappa shape index (κ3) is 5.60. The maximum Gasteiger partial charge on any atom is 0.224 e. The number of nitrogens with zero attached hydrogens (tertiary/aromatic N) is 3. The Hall–Kier alpha value is -3.93. The van der Waals surface area contributed by atoms with Crippen LogP contribution in [0.1, 0.15) is 23.2 Å². The second kappa shape index (κ2) is 9.92. The normalized spacial score (nSPS) is 10.8. The average Bonchev–Trinajstić information content (AvgIpc) is 3.26. The average molecular weight is 426 g/mol. The summed E-state index contributed by atoms with van der Waals surface area (Å²) in [5.74, 6) is -0.101. The first-order valence-electron chi connectivity index (χ1n) is 10.8. The molecule has 3 aromatic carbocycles. The molecule has 0 saturated carbocycles. The zero-order valence-corrected chi connectivity index (χ0v) is 18.2. The molecular weight excluding hydrogens is 398 g/mol. The Kier molecular flexibility index (Phi) is 6.60.